The summed E-state index contributed by atoms with van der Waals surface area (Å²) in [6.07, 6.45) is 1.37. The summed E-state index contributed by atoms with van der Waals surface area (Å²) in [5.41, 5.74) is -0.0518. The van der Waals surface area contributed by atoms with Gasteiger partial charge in [-0.25, -0.2) is 4.98 Å². The van der Waals surface area contributed by atoms with E-state index in [4.69, 9.17) is 5.26 Å². The van der Waals surface area contributed by atoms with Crippen LogP contribution in [0.25, 0.3) is 0 Å². The van der Waals surface area contributed by atoms with Gasteiger partial charge in [0, 0.05) is 6.20 Å². The Morgan fingerprint density at radius 3 is 2.75 bits per heavy atom. The maximum Gasteiger partial charge on any atom is 0.272 e. The van der Waals surface area contributed by atoms with Gasteiger partial charge in [0.2, 0.25) is 0 Å². The Hall–Kier alpha value is -1.93. The molecule has 16 heavy (non-hydrogen) atoms. The van der Waals surface area contributed by atoms with Crippen molar-refractivity contribution in [3.63, 3.8) is 0 Å². The van der Waals surface area contributed by atoms with Crippen molar-refractivity contribution in [2.75, 3.05) is 13.1 Å². The first-order valence-electron chi connectivity index (χ1n) is 4.90. The summed E-state index contributed by atoms with van der Waals surface area (Å²) >= 11 is 0. The van der Waals surface area contributed by atoms with E-state index in [9.17, 15) is 9.90 Å². The summed E-state index contributed by atoms with van der Waals surface area (Å²) in [4.78, 5) is 17.2. The molecule has 0 radical (unpaired) electrons. The van der Waals surface area contributed by atoms with Crippen LogP contribution in [0.1, 0.15) is 23.0 Å². The fourth-order valence-corrected chi connectivity index (χ4v) is 1.67. The number of carbonyl (C=O) groups excluding carboxylic acids is 1. The number of pyridine rings is 1. The number of likely N-dealkylation sites (tertiary alicyclic amines) is 1. The zero-order valence-corrected chi connectivity index (χ0v) is 8.84. The number of nitriles is 1. The van der Waals surface area contributed by atoms with Crippen LogP contribution in [0.4, 0.5) is 0 Å². The topological polar surface area (TPSA) is 77.2 Å². The summed E-state index contributed by atoms with van der Waals surface area (Å²) in [5, 5.41) is 18.1. The molecule has 0 aromatic carbocycles. The van der Waals surface area contributed by atoms with Gasteiger partial charge in [-0.15, -0.1) is 0 Å². The Bertz CT molecular complexity index is 451. The highest BCUT2D eigenvalue weighted by Gasteiger charge is 2.39. The highest BCUT2D eigenvalue weighted by atomic mass is 16.3. The smallest absolute Gasteiger partial charge is 0.272 e. The van der Waals surface area contributed by atoms with Crippen molar-refractivity contribution in [2.45, 2.75) is 12.5 Å². The van der Waals surface area contributed by atoms with Crippen LogP contribution >= 0.6 is 0 Å². The van der Waals surface area contributed by atoms with E-state index >= 15 is 0 Å². The standard InChI is InChI=1S/C11H11N3O2/c1-11(16)6-14(7-11)10(15)9-3-2-8(4-12)5-13-9/h2-3,5,16H,6-7H2,1H3. The fourth-order valence-electron chi connectivity index (χ4n) is 1.67. The SMILES string of the molecule is CC1(O)CN(C(=O)c2ccc(C#N)cn2)C1. The molecule has 0 spiro atoms. The molecule has 5 nitrogen and oxygen atoms in total. The van der Waals surface area contributed by atoms with Gasteiger partial charge in [-0.1, -0.05) is 0 Å². The summed E-state index contributed by atoms with van der Waals surface area (Å²) in [6.45, 7) is 2.34. The molecule has 0 saturated carbocycles. The van der Waals surface area contributed by atoms with Gasteiger partial charge < -0.3 is 10.0 Å². The van der Waals surface area contributed by atoms with Crippen molar-refractivity contribution in [2.24, 2.45) is 0 Å². The van der Waals surface area contributed by atoms with Gasteiger partial charge in [0.05, 0.1) is 24.3 Å². The van der Waals surface area contributed by atoms with Crippen molar-refractivity contribution in [3.05, 3.63) is 29.6 Å². The highest BCUT2D eigenvalue weighted by molar-refractivity contribution is 5.93. The van der Waals surface area contributed by atoms with E-state index in [0.717, 1.165) is 0 Å². The second-order valence-corrected chi connectivity index (χ2v) is 4.20. The lowest BCUT2D eigenvalue weighted by Gasteiger charge is -2.43. The molecule has 1 saturated heterocycles. The van der Waals surface area contributed by atoms with Crippen LogP contribution in [-0.2, 0) is 0 Å². The lowest BCUT2D eigenvalue weighted by Crippen LogP contribution is -2.61. The van der Waals surface area contributed by atoms with Crippen LogP contribution in [0.3, 0.4) is 0 Å². The Kier molecular flexibility index (Phi) is 2.37. The van der Waals surface area contributed by atoms with Crippen molar-refractivity contribution in [1.82, 2.24) is 9.88 Å². The molecule has 82 valence electrons. The Balaban J connectivity index is 2.08. The predicted molar refractivity (Wildman–Crippen MR) is 55.5 cm³/mol. The van der Waals surface area contributed by atoms with E-state index in [1.165, 1.54) is 17.2 Å². The molecule has 1 fully saturated rings. The molecule has 5 heteroatoms. The van der Waals surface area contributed by atoms with Gasteiger partial charge in [0.15, 0.2) is 0 Å². The molecule has 1 aliphatic heterocycles. The normalized spacial score (nSPS) is 17.4. The molecule has 0 unspecified atom stereocenters. The van der Waals surface area contributed by atoms with Gasteiger partial charge >= 0.3 is 0 Å². The fraction of sp³-hybridized carbons (Fsp3) is 0.364. The third-order valence-electron chi connectivity index (χ3n) is 2.46. The van der Waals surface area contributed by atoms with Crippen molar-refractivity contribution >= 4 is 5.91 Å². The highest BCUT2D eigenvalue weighted by Crippen LogP contribution is 2.21. The number of hydrogen-bond acceptors (Lipinski definition) is 4. The lowest BCUT2D eigenvalue weighted by atomic mass is 9.96. The Labute approximate surface area is 92.9 Å². The van der Waals surface area contributed by atoms with E-state index in [-0.39, 0.29) is 5.91 Å². The first kappa shape index (κ1) is 10.6. The van der Waals surface area contributed by atoms with Crippen LogP contribution in [0, 0.1) is 11.3 Å². The van der Waals surface area contributed by atoms with E-state index < -0.39 is 5.60 Å². The number of amides is 1. The molecule has 0 bridgehead atoms. The number of β-amino-alcohol motifs (C(OH)–C–C–N with tert-alkyl or cyclic N) is 1. The molecule has 2 rings (SSSR count). The molecular formula is C11H11N3O2. The lowest BCUT2D eigenvalue weighted by molar-refractivity contribution is -0.0670. The molecule has 0 atom stereocenters. The van der Waals surface area contributed by atoms with Crippen LogP contribution in [0.5, 0.6) is 0 Å². The molecule has 2 heterocycles. The average Bonchev–Trinajstić information content (AvgIpc) is 2.25. The van der Waals surface area contributed by atoms with Crippen molar-refractivity contribution in [1.29, 1.82) is 5.26 Å². The van der Waals surface area contributed by atoms with E-state index in [1.807, 2.05) is 6.07 Å². The Morgan fingerprint density at radius 1 is 1.62 bits per heavy atom. The van der Waals surface area contributed by atoms with Crippen LogP contribution in [0.2, 0.25) is 0 Å². The van der Waals surface area contributed by atoms with Gasteiger partial charge in [-0.2, -0.15) is 5.26 Å². The number of aliphatic hydroxyl groups is 1. The summed E-state index contributed by atoms with van der Waals surface area (Å²) < 4.78 is 0. The van der Waals surface area contributed by atoms with Crippen LogP contribution < -0.4 is 0 Å². The largest absolute Gasteiger partial charge is 0.386 e. The third kappa shape index (κ3) is 1.88. The molecule has 1 aromatic heterocycles. The molecule has 1 aromatic rings. The zero-order valence-electron chi connectivity index (χ0n) is 8.84. The van der Waals surface area contributed by atoms with Crippen LogP contribution in [-0.4, -0.2) is 39.6 Å². The maximum atomic E-state index is 11.8. The number of hydrogen-bond donors (Lipinski definition) is 1. The summed E-state index contributed by atoms with van der Waals surface area (Å²) in [7, 11) is 0. The summed E-state index contributed by atoms with van der Waals surface area (Å²) in [5.74, 6) is -0.212. The van der Waals surface area contributed by atoms with Gasteiger partial charge in [-0.05, 0) is 19.1 Å². The molecule has 0 aliphatic carbocycles. The van der Waals surface area contributed by atoms with Gasteiger partial charge in [0.1, 0.15) is 11.8 Å². The number of aromatic nitrogens is 1. The summed E-state index contributed by atoms with van der Waals surface area (Å²) in [6, 6.07) is 5.01. The van der Waals surface area contributed by atoms with Crippen molar-refractivity contribution < 1.29 is 9.90 Å². The second kappa shape index (κ2) is 3.58. The van der Waals surface area contributed by atoms with E-state index in [1.54, 1.807) is 13.0 Å². The predicted octanol–water partition coefficient (Wildman–Crippen LogP) is 0.160. The number of nitrogens with zero attached hydrogens (tertiary/aromatic N) is 3. The maximum absolute atomic E-state index is 11.8. The third-order valence-corrected chi connectivity index (χ3v) is 2.46. The first-order chi connectivity index (χ1) is 7.52. The molecule has 1 amide bonds. The van der Waals surface area contributed by atoms with Gasteiger partial charge in [0.25, 0.3) is 5.91 Å². The average molecular weight is 217 g/mol. The second-order valence-electron chi connectivity index (χ2n) is 4.20. The number of carbonyl (C=O) groups is 1. The minimum Gasteiger partial charge on any atom is -0.386 e. The van der Waals surface area contributed by atoms with Crippen LogP contribution in [0.15, 0.2) is 18.3 Å². The van der Waals surface area contributed by atoms with E-state index in [2.05, 4.69) is 4.98 Å². The molecule has 1 aliphatic rings. The number of rotatable bonds is 1. The monoisotopic (exact) mass is 217 g/mol. The minimum atomic E-state index is -0.776. The van der Waals surface area contributed by atoms with E-state index in [0.29, 0.717) is 24.3 Å². The van der Waals surface area contributed by atoms with Gasteiger partial charge in [-0.3, -0.25) is 4.79 Å². The van der Waals surface area contributed by atoms with Crippen molar-refractivity contribution in [3.8, 4) is 6.07 Å². The quantitative estimate of drug-likeness (QED) is 0.726. The zero-order chi connectivity index (χ0) is 11.8. The Morgan fingerprint density at radius 2 is 2.31 bits per heavy atom. The first-order valence-corrected chi connectivity index (χ1v) is 4.90. The minimum absolute atomic E-state index is 0.212. The molecular weight excluding hydrogens is 206 g/mol. The molecule has 1 N–H and O–H groups in total.